The highest BCUT2D eigenvalue weighted by atomic mass is 16.3. The van der Waals surface area contributed by atoms with E-state index in [0.29, 0.717) is 11.6 Å². The third-order valence-corrected chi connectivity index (χ3v) is 3.06. The number of aryl methyl sites for hydroxylation is 1. The number of anilines is 1. The summed E-state index contributed by atoms with van der Waals surface area (Å²) in [5.41, 5.74) is 10.2. The predicted octanol–water partition coefficient (Wildman–Crippen LogP) is 3.64. The fourth-order valence-electron chi connectivity index (χ4n) is 1.98. The zero-order chi connectivity index (χ0) is 12.5. The number of para-hydroxylation sites is 1. The van der Waals surface area contributed by atoms with E-state index in [9.17, 15) is 0 Å². The van der Waals surface area contributed by atoms with Gasteiger partial charge in [-0.25, -0.2) is 4.98 Å². The largest absolute Gasteiger partial charge is 0.436 e. The molecule has 0 unspecified atom stereocenters. The minimum Gasteiger partial charge on any atom is -0.436 e. The van der Waals surface area contributed by atoms with Gasteiger partial charge in [0.05, 0.1) is 5.69 Å². The minimum absolute atomic E-state index is 0.616. The van der Waals surface area contributed by atoms with Gasteiger partial charge in [-0.3, -0.25) is 0 Å². The molecule has 0 saturated heterocycles. The predicted molar refractivity (Wildman–Crippen MR) is 73.2 cm³/mol. The van der Waals surface area contributed by atoms with Gasteiger partial charge in [0.15, 0.2) is 5.58 Å². The molecule has 1 aromatic heterocycles. The van der Waals surface area contributed by atoms with Crippen LogP contribution in [0.15, 0.2) is 46.9 Å². The highest BCUT2D eigenvalue weighted by molar-refractivity contribution is 5.87. The molecule has 3 aromatic rings. The fourth-order valence-corrected chi connectivity index (χ4v) is 1.98. The first-order valence-corrected chi connectivity index (χ1v) is 6.02. The highest BCUT2D eigenvalue weighted by Gasteiger charge is 2.09. The lowest BCUT2D eigenvalue weighted by Crippen LogP contribution is -1.85. The molecule has 2 aromatic carbocycles. The van der Waals surface area contributed by atoms with Gasteiger partial charge >= 0.3 is 0 Å². The monoisotopic (exact) mass is 238 g/mol. The first-order valence-electron chi connectivity index (χ1n) is 6.02. The Bertz CT molecular complexity index is 683. The lowest BCUT2D eigenvalue weighted by atomic mass is 10.1. The Balaban J connectivity index is 2.10. The van der Waals surface area contributed by atoms with Crippen molar-refractivity contribution in [3.8, 4) is 11.5 Å². The van der Waals surface area contributed by atoms with E-state index < -0.39 is 0 Å². The maximum atomic E-state index is 5.87. The molecular formula is C15H14N2O. The highest BCUT2D eigenvalue weighted by Crippen LogP contribution is 2.27. The molecular weight excluding hydrogens is 224 g/mol. The average Bonchev–Trinajstić information content (AvgIpc) is 2.84. The zero-order valence-electron chi connectivity index (χ0n) is 10.2. The number of nitrogens with two attached hydrogens (primary N) is 1. The first kappa shape index (κ1) is 10.8. The molecule has 18 heavy (non-hydrogen) atoms. The van der Waals surface area contributed by atoms with Gasteiger partial charge in [-0.2, -0.15) is 0 Å². The first-order chi connectivity index (χ1) is 8.78. The molecule has 0 aliphatic rings. The second-order valence-electron chi connectivity index (χ2n) is 4.26. The van der Waals surface area contributed by atoms with Crippen LogP contribution in [0.4, 0.5) is 5.69 Å². The maximum Gasteiger partial charge on any atom is 0.227 e. The summed E-state index contributed by atoms with van der Waals surface area (Å²) in [5.74, 6) is 0.616. The van der Waals surface area contributed by atoms with Crippen molar-refractivity contribution in [1.29, 1.82) is 0 Å². The Hall–Kier alpha value is -2.29. The summed E-state index contributed by atoms with van der Waals surface area (Å²) in [7, 11) is 0. The van der Waals surface area contributed by atoms with Crippen LogP contribution in [-0.2, 0) is 6.42 Å². The third kappa shape index (κ3) is 1.74. The Labute approximate surface area is 105 Å². The molecule has 2 N–H and O–H groups in total. The Morgan fingerprint density at radius 2 is 1.89 bits per heavy atom. The van der Waals surface area contributed by atoms with Crippen LogP contribution in [-0.4, -0.2) is 4.98 Å². The molecule has 0 atom stereocenters. The SMILES string of the molecule is CCc1ccc(-c2nc3c(N)cccc3o2)cc1. The van der Waals surface area contributed by atoms with Gasteiger partial charge in [0.1, 0.15) is 5.52 Å². The lowest BCUT2D eigenvalue weighted by Gasteiger charge is -1.97. The molecule has 0 amide bonds. The molecule has 3 nitrogen and oxygen atoms in total. The summed E-state index contributed by atoms with van der Waals surface area (Å²) in [6.07, 6.45) is 1.03. The standard InChI is InChI=1S/C15H14N2O/c1-2-10-6-8-11(9-7-10)15-17-14-12(16)4-3-5-13(14)18-15/h3-9H,2,16H2,1H3. The second kappa shape index (κ2) is 4.18. The Morgan fingerprint density at radius 3 is 2.56 bits per heavy atom. The Morgan fingerprint density at radius 1 is 1.11 bits per heavy atom. The van der Waals surface area contributed by atoms with Crippen molar-refractivity contribution in [2.75, 3.05) is 5.73 Å². The quantitative estimate of drug-likeness (QED) is 0.693. The molecule has 90 valence electrons. The van der Waals surface area contributed by atoms with Crippen LogP contribution in [0.1, 0.15) is 12.5 Å². The van der Waals surface area contributed by atoms with Crippen LogP contribution >= 0.6 is 0 Å². The molecule has 0 aliphatic carbocycles. The number of fused-ring (bicyclic) bond motifs is 1. The van der Waals surface area contributed by atoms with Gasteiger partial charge < -0.3 is 10.2 Å². The van der Waals surface area contributed by atoms with Gasteiger partial charge in [-0.1, -0.05) is 25.1 Å². The number of hydrogen-bond acceptors (Lipinski definition) is 3. The van der Waals surface area contributed by atoms with Crippen LogP contribution < -0.4 is 5.73 Å². The van der Waals surface area contributed by atoms with Crippen molar-refractivity contribution in [2.45, 2.75) is 13.3 Å². The van der Waals surface area contributed by atoms with E-state index in [-0.39, 0.29) is 0 Å². The Kier molecular flexibility index (Phi) is 2.52. The van der Waals surface area contributed by atoms with Crippen LogP contribution in [0.5, 0.6) is 0 Å². The summed E-state index contributed by atoms with van der Waals surface area (Å²) < 4.78 is 5.72. The molecule has 0 bridgehead atoms. The van der Waals surface area contributed by atoms with E-state index in [0.717, 1.165) is 23.1 Å². The average molecular weight is 238 g/mol. The topological polar surface area (TPSA) is 52.0 Å². The number of rotatable bonds is 2. The number of benzene rings is 2. The fraction of sp³-hybridized carbons (Fsp3) is 0.133. The van der Waals surface area contributed by atoms with E-state index in [1.54, 1.807) is 0 Å². The van der Waals surface area contributed by atoms with Crippen LogP contribution in [0.25, 0.3) is 22.6 Å². The van der Waals surface area contributed by atoms with E-state index in [1.807, 2.05) is 30.3 Å². The van der Waals surface area contributed by atoms with Crippen molar-refractivity contribution >= 4 is 16.8 Å². The summed E-state index contributed by atoms with van der Waals surface area (Å²) in [6, 6.07) is 13.8. The van der Waals surface area contributed by atoms with Crippen molar-refractivity contribution in [2.24, 2.45) is 0 Å². The number of oxazole rings is 1. The third-order valence-electron chi connectivity index (χ3n) is 3.06. The minimum atomic E-state index is 0.616. The number of aromatic nitrogens is 1. The summed E-state index contributed by atoms with van der Waals surface area (Å²) in [6.45, 7) is 2.13. The van der Waals surface area contributed by atoms with Gasteiger partial charge in [-0.15, -0.1) is 0 Å². The van der Waals surface area contributed by atoms with Gasteiger partial charge in [-0.05, 0) is 36.2 Å². The summed E-state index contributed by atoms with van der Waals surface area (Å²) in [4.78, 5) is 4.45. The van der Waals surface area contributed by atoms with Gasteiger partial charge in [0.25, 0.3) is 0 Å². The lowest BCUT2D eigenvalue weighted by molar-refractivity contribution is 0.620. The van der Waals surface area contributed by atoms with E-state index in [4.69, 9.17) is 10.2 Å². The van der Waals surface area contributed by atoms with Gasteiger partial charge in [0, 0.05) is 5.56 Å². The van der Waals surface area contributed by atoms with Crippen LogP contribution in [0, 0.1) is 0 Å². The molecule has 3 heteroatoms. The van der Waals surface area contributed by atoms with Crippen molar-refractivity contribution in [1.82, 2.24) is 4.98 Å². The number of hydrogen-bond donors (Lipinski definition) is 1. The summed E-state index contributed by atoms with van der Waals surface area (Å²) >= 11 is 0. The smallest absolute Gasteiger partial charge is 0.227 e. The molecule has 3 rings (SSSR count). The molecule has 0 spiro atoms. The summed E-state index contributed by atoms with van der Waals surface area (Å²) in [5, 5.41) is 0. The zero-order valence-corrected chi connectivity index (χ0v) is 10.2. The normalized spacial score (nSPS) is 10.9. The van der Waals surface area contributed by atoms with E-state index in [2.05, 4.69) is 24.0 Å². The van der Waals surface area contributed by atoms with Crippen molar-refractivity contribution in [3.05, 3.63) is 48.0 Å². The van der Waals surface area contributed by atoms with E-state index >= 15 is 0 Å². The van der Waals surface area contributed by atoms with Crippen LogP contribution in [0.3, 0.4) is 0 Å². The van der Waals surface area contributed by atoms with E-state index in [1.165, 1.54) is 5.56 Å². The molecule has 0 aliphatic heterocycles. The molecule has 0 fully saturated rings. The van der Waals surface area contributed by atoms with Crippen molar-refractivity contribution in [3.63, 3.8) is 0 Å². The second-order valence-corrected chi connectivity index (χ2v) is 4.26. The molecule has 0 radical (unpaired) electrons. The molecule has 1 heterocycles. The number of nitrogen functional groups attached to an aromatic ring is 1. The van der Waals surface area contributed by atoms with Crippen molar-refractivity contribution < 1.29 is 4.42 Å². The van der Waals surface area contributed by atoms with Crippen LogP contribution in [0.2, 0.25) is 0 Å². The maximum absolute atomic E-state index is 5.87. The number of nitrogens with zero attached hydrogens (tertiary/aromatic N) is 1. The van der Waals surface area contributed by atoms with Gasteiger partial charge in [0.2, 0.25) is 5.89 Å². The molecule has 0 saturated carbocycles.